The molecule has 1 aliphatic rings. The average molecular weight is 353 g/mol. The van der Waals surface area contributed by atoms with Crippen molar-refractivity contribution < 1.29 is 4.79 Å². The van der Waals surface area contributed by atoms with Crippen LogP contribution in [0.25, 0.3) is 0 Å². The molecule has 0 fully saturated rings. The smallest absolute Gasteiger partial charge is 0.317 e. The quantitative estimate of drug-likeness (QED) is 0.900. The first-order valence-electron chi connectivity index (χ1n) is 7.51. The van der Waals surface area contributed by atoms with E-state index in [1.54, 1.807) is 12.1 Å². The van der Waals surface area contributed by atoms with Crippen molar-refractivity contribution in [3.05, 3.63) is 51.3 Å². The standard InChI is InChI=1S/C16H18Cl2N4O/c1-21-15-3-2-6-22(10-12(15)9-20-21)16(23)19-8-11-4-5-13(17)7-14(11)18/h4-5,7,9H,2-3,6,8,10H2,1H3,(H,19,23). The number of hydrogen-bond donors (Lipinski definition) is 1. The molecule has 0 saturated heterocycles. The Bertz CT molecular complexity index is 729. The van der Waals surface area contributed by atoms with Crippen molar-refractivity contribution >= 4 is 29.2 Å². The molecule has 0 aliphatic carbocycles. The van der Waals surface area contributed by atoms with Crippen LogP contribution in [0.1, 0.15) is 23.2 Å². The monoisotopic (exact) mass is 352 g/mol. The number of aryl methyl sites for hydroxylation is 1. The van der Waals surface area contributed by atoms with Crippen molar-refractivity contribution in [1.29, 1.82) is 0 Å². The number of amides is 2. The van der Waals surface area contributed by atoms with Gasteiger partial charge in [-0.25, -0.2) is 4.79 Å². The number of aromatic nitrogens is 2. The lowest BCUT2D eigenvalue weighted by Gasteiger charge is -2.21. The Morgan fingerprint density at radius 3 is 3.00 bits per heavy atom. The van der Waals surface area contributed by atoms with Crippen LogP contribution in [0, 0.1) is 0 Å². The predicted octanol–water partition coefficient (Wildman–Crippen LogP) is 3.38. The van der Waals surface area contributed by atoms with Crippen molar-refractivity contribution in [3.8, 4) is 0 Å². The molecule has 1 aliphatic heterocycles. The highest BCUT2D eigenvalue weighted by molar-refractivity contribution is 6.35. The van der Waals surface area contributed by atoms with Gasteiger partial charge in [-0.15, -0.1) is 0 Å². The number of fused-ring (bicyclic) bond motifs is 1. The molecule has 0 unspecified atom stereocenters. The summed E-state index contributed by atoms with van der Waals surface area (Å²) in [6.07, 6.45) is 3.72. The Balaban J connectivity index is 1.64. The van der Waals surface area contributed by atoms with Crippen LogP contribution in [-0.4, -0.2) is 27.3 Å². The molecule has 2 amide bonds. The van der Waals surface area contributed by atoms with Crippen LogP contribution in [0.4, 0.5) is 4.79 Å². The molecule has 2 heterocycles. The van der Waals surface area contributed by atoms with Crippen LogP contribution in [0.3, 0.4) is 0 Å². The molecule has 3 rings (SSSR count). The van der Waals surface area contributed by atoms with Crippen LogP contribution in [-0.2, 0) is 26.6 Å². The van der Waals surface area contributed by atoms with Crippen LogP contribution in [0.5, 0.6) is 0 Å². The summed E-state index contributed by atoms with van der Waals surface area (Å²) >= 11 is 12.0. The number of hydrogen-bond acceptors (Lipinski definition) is 2. The number of benzene rings is 1. The Morgan fingerprint density at radius 1 is 1.39 bits per heavy atom. The number of urea groups is 1. The average Bonchev–Trinajstić information content (AvgIpc) is 2.74. The summed E-state index contributed by atoms with van der Waals surface area (Å²) in [5, 5.41) is 8.35. The normalized spacial score (nSPS) is 14.3. The lowest BCUT2D eigenvalue weighted by Crippen LogP contribution is -2.39. The fourth-order valence-corrected chi connectivity index (χ4v) is 3.28. The zero-order valence-corrected chi connectivity index (χ0v) is 14.4. The first-order chi connectivity index (χ1) is 11.0. The molecule has 1 N–H and O–H groups in total. The van der Waals surface area contributed by atoms with Crippen molar-refractivity contribution in [2.75, 3.05) is 6.54 Å². The highest BCUT2D eigenvalue weighted by Crippen LogP contribution is 2.21. The van der Waals surface area contributed by atoms with Gasteiger partial charge in [-0.05, 0) is 30.5 Å². The summed E-state index contributed by atoms with van der Waals surface area (Å²) < 4.78 is 1.89. The van der Waals surface area contributed by atoms with E-state index in [2.05, 4.69) is 10.4 Å². The van der Waals surface area contributed by atoms with E-state index in [9.17, 15) is 4.79 Å². The molecule has 0 spiro atoms. The topological polar surface area (TPSA) is 50.2 Å². The van der Waals surface area contributed by atoms with E-state index in [1.807, 2.05) is 28.9 Å². The first kappa shape index (κ1) is 16.1. The van der Waals surface area contributed by atoms with Gasteiger partial charge in [0.15, 0.2) is 0 Å². The molecule has 1 aromatic carbocycles. The predicted molar refractivity (Wildman–Crippen MR) is 90.6 cm³/mol. The Morgan fingerprint density at radius 2 is 2.22 bits per heavy atom. The largest absolute Gasteiger partial charge is 0.334 e. The maximum absolute atomic E-state index is 12.4. The van der Waals surface area contributed by atoms with Gasteiger partial charge in [0.1, 0.15) is 0 Å². The van der Waals surface area contributed by atoms with Gasteiger partial charge < -0.3 is 10.2 Å². The third-order valence-electron chi connectivity index (χ3n) is 4.08. The minimum absolute atomic E-state index is 0.0901. The minimum atomic E-state index is -0.0901. The number of nitrogens with one attached hydrogen (secondary N) is 1. The second-order valence-corrected chi connectivity index (χ2v) is 6.50. The van der Waals surface area contributed by atoms with E-state index < -0.39 is 0 Å². The van der Waals surface area contributed by atoms with Gasteiger partial charge in [-0.2, -0.15) is 5.10 Å². The maximum atomic E-state index is 12.4. The van der Waals surface area contributed by atoms with E-state index in [-0.39, 0.29) is 6.03 Å². The summed E-state index contributed by atoms with van der Waals surface area (Å²) in [5.74, 6) is 0. The maximum Gasteiger partial charge on any atom is 0.317 e. The molecule has 0 radical (unpaired) electrons. The highest BCUT2D eigenvalue weighted by atomic mass is 35.5. The van der Waals surface area contributed by atoms with E-state index >= 15 is 0 Å². The summed E-state index contributed by atoms with van der Waals surface area (Å²) in [6, 6.07) is 5.18. The third kappa shape index (κ3) is 3.62. The lowest BCUT2D eigenvalue weighted by atomic mass is 10.2. The van der Waals surface area contributed by atoms with Crippen molar-refractivity contribution in [2.45, 2.75) is 25.9 Å². The number of nitrogens with zero attached hydrogens (tertiary/aromatic N) is 3. The molecule has 1 aromatic heterocycles. The van der Waals surface area contributed by atoms with Crippen LogP contribution in [0.15, 0.2) is 24.4 Å². The molecule has 122 valence electrons. The van der Waals surface area contributed by atoms with Gasteiger partial charge in [0.05, 0.1) is 12.7 Å². The molecule has 0 bridgehead atoms. The molecule has 7 heteroatoms. The zero-order chi connectivity index (χ0) is 16.4. The molecular formula is C16H18Cl2N4O. The van der Waals surface area contributed by atoms with E-state index in [1.165, 1.54) is 5.69 Å². The minimum Gasteiger partial charge on any atom is -0.334 e. The summed E-state index contributed by atoms with van der Waals surface area (Å²) in [5.41, 5.74) is 3.17. The highest BCUT2D eigenvalue weighted by Gasteiger charge is 2.21. The van der Waals surface area contributed by atoms with Gasteiger partial charge in [-0.3, -0.25) is 4.68 Å². The van der Waals surface area contributed by atoms with Crippen molar-refractivity contribution in [1.82, 2.24) is 20.0 Å². The Labute approximate surface area is 145 Å². The fraction of sp³-hybridized carbons (Fsp3) is 0.375. The Hall–Kier alpha value is -1.72. The lowest BCUT2D eigenvalue weighted by molar-refractivity contribution is 0.195. The summed E-state index contributed by atoms with van der Waals surface area (Å²) in [6.45, 7) is 1.70. The molecular weight excluding hydrogens is 335 g/mol. The number of carbonyl (C=O) groups excluding carboxylic acids is 1. The first-order valence-corrected chi connectivity index (χ1v) is 8.26. The summed E-state index contributed by atoms with van der Waals surface area (Å²) in [7, 11) is 1.94. The van der Waals surface area contributed by atoms with Crippen molar-refractivity contribution in [3.63, 3.8) is 0 Å². The summed E-state index contributed by atoms with van der Waals surface area (Å²) in [4.78, 5) is 14.3. The van der Waals surface area contributed by atoms with Crippen LogP contribution >= 0.6 is 23.2 Å². The second kappa shape index (κ2) is 6.81. The molecule has 0 atom stereocenters. The molecule has 0 saturated carbocycles. The zero-order valence-electron chi connectivity index (χ0n) is 12.9. The van der Waals surface area contributed by atoms with Gasteiger partial charge in [-0.1, -0.05) is 29.3 Å². The SMILES string of the molecule is Cn1ncc2c1CCCN(C(=O)NCc1ccc(Cl)cc1Cl)C2. The van der Waals surface area contributed by atoms with Crippen LogP contribution < -0.4 is 5.32 Å². The van der Waals surface area contributed by atoms with Gasteiger partial charge >= 0.3 is 6.03 Å². The molecule has 5 nitrogen and oxygen atoms in total. The number of halogens is 2. The second-order valence-electron chi connectivity index (χ2n) is 5.66. The van der Waals surface area contributed by atoms with Crippen LogP contribution in [0.2, 0.25) is 10.0 Å². The van der Waals surface area contributed by atoms with E-state index in [0.717, 1.165) is 30.5 Å². The van der Waals surface area contributed by atoms with E-state index in [4.69, 9.17) is 23.2 Å². The van der Waals surface area contributed by atoms with Crippen molar-refractivity contribution in [2.24, 2.45) is 7.05 Å². The fourth-order valence-electron chi connectivity index (χ4n) is 2.81. The van der Waals surface area contributed by atoms with Gasteiger partial charge in [0.25, 0.3) is 0 Å². The number of carbonyl (C=O) groups is 1. The third-order valence-corrected chi connectivity index (χ3v) is 4.67. The van der Waals surface area contributed by atoms with Gasteiger partial charge in [0, 0.05) is 41.4 Å². The van der Waals surface area contributed by atoms with Gasteiger partial charge in [0.2, 0.25) is 0 Å². The number of rotatable bonds is 2. The van der Waals surface area contributed by atoms with E-state index in [0.29, 0.717) is 23.1 Å². The molecule has 2 aromatic rings. The Kier molecular flexibility index (Phi) is 4.78. The molecule has 23 heavy (non-hydrogen) atoms.